The minimum Gasteiger partial charge on any atom is -0.493 e. The van der Waals surface area contributed by atoms with E-state index in [0.29, 0.717) is 38.3 Å². The van der Waals surface area contributed by atoms with Crippen LogP contribution in [0.5, 0.6) is 11.5 Å². The lowest BCUT2D eigenvalue weighted by atomic mass is 9.97. The van der Waals surface area contributed by atoms with Gasteiger partial charge in [-0.3, -0.25) is 9.59 Å². The van der Waals surface area contributed by atoms with Gasteiger partial charge in [0, 0.05) is 25.7 Å². The van der Waals surface area contributed by atoms with Gasteiger partial charge in [0.1, 0.15) is 0 Å². The summed E-state index contributed by atoms with van der Waals surface area (Å²) in [5.74, 6) is -0.120. The molecule has 0 bridgehead atoms. The SMILES string of the molecule is CCOC(=O)C1CCN(C(=O)CN(Cc2ccccc2)S(=O)(=O)c2ccc(OC)c(OC)c2)CC1. The Balaban J connectivity index is 1.81. The summed E-state index contributed by atoms with van der Waals surface area (Å²) in [6.07, 6.45) is 0.984. The van der Waals surface area contributed by atoms with Crippen molar-refractivity contribution in [1.82, 2.24) is 9.21 Å². The molecule has 3 rings (SSSR count). The van der Waals surface area contributed by atoms with E-state index in [1.807, 2.05) is 30.3 Å². The molecule has 0 saturated carbocycles. The number of esters is 1. The van der Waals surface area contributed by atoms with Gasteiger partial charge in [0.25, 0.3) is 0 Å². The molecule has 0 unspecified atom stereocenters. The Kier molecular flexibility index (Phi) is 9.11. The maximum atomic E-state index is 13.6. The van der Waals surface area contributed by atoms with Crippen LogP contribution in [0.3, 0.4) is 0 Å². The van der Waals surface area contributed by atoms with Crippen LogP contribution in [-0.2, 0) is 30.9 Å². The van der Waals surface area contributed by atoms with E-state index in [4.69, 9.17) is 14.2 Å². The normalized spacial score (nSPS) is 14.6. The molecule has 190 valence electrons. The average molecular weight is 505 g/mol. The van der Waals surface area contributed by atoms with E-state index in [2.05, 4.69) is 0 Å². The van der Waals surface area contributed by atoms with Gasteiger partial charge in [-0.2, -0.15) is 4.31 Å². The maximum absolute atomic E-state index is 13.6. The number of nitrogens with zero attached hydrogens (tertiary/aromatic N) is 2. The molecule has 1 heterocycles. The summed E-state index contributed by atoms with van der Waals surface area (Å²) in [7, 11) is -1.15. The third-order valence-electron chi connectivity index (χ3n) is 5.97. The number of benzene rings is 2. The lowest BCUT2D eigenvalue weighted by Crippen LogP contribution is -2.46. The van der Waals surface area contributed by atoms with Crippen LogP contribution in [0.15, 0.2) is 53.4 Å². The highest BCUT2D eigenvalue weighted by molar-refractivity contribution is 7.89. The molecule has 1 amide bonds. The van der Waals surface area contributed by atoms with E-state index >= 15 is 0 Å². The minimum atomic E-state index is -4.05. The van der Waals surface area contributed by atoms with Gasteiger partial charge in [0.15, 0.2) is 11.5 Å². The first-order chi connectivity index (χ1) is 16.8. The number of carbonyl (C=O) groups excluding carboxylic acids is 2. The fourth-order valence-corrected chi connectivity index (χ4v) is 5.41. The molecular formula is C25H32N2O7S. The molecule has 9 nitrogen and oxygen atoms in total. The van der Waals surface area contributed by atoms with Crippen LogP contribution in [0.25, 0.3) is 0 Å². The molecule has 35 heavy (non-hydrogen) atoms. The Morgan fingerprint density at radius 1 is 1.00 bits per heavy atom. The number of methoxy groups -OCH3 is 2. The zero-order valence-electron chi connectivity index (χ0n) is 20.3. The average Bonchev–Trinajstić information content (AvgIpc) is 2.88. The summed E-state index contributed by atoms with van der Waals surface area (Å²) in [4.78, 5) is 26.8. The van der Waals surface area contributed by atoms with E-state index in [9.17, 15) is 18.0 Å². The summed E-state index contributed by atoms with van der Waals surface area (Å²) >= 11 is 0. The molecular weight excluding hydrogens is 472 g/mol. The van der Waals surface area contributed by atoms with E-state index in [-0.39, 0.29) is 41.5 Å². The van der Waals surface area contributed by atoms with Gasteiger partial charge in [-0.25, -0.2) is 8.42 Å². The predicted molar refractivity (Wildman–Crippen MR) is 130 cm³/mol. The second kappa shape index (κ2) is 12.0. The number of sulfonamides is 1. The smallest absolute Gasteiger partial charge is 0.309 e. The number of hydrogen-bond donors (Lipinski definition) is 0. The van der Waals surface area contributed by atoms with Gasteiger partial charge in [0.05, 0.1) is 38.2 Å². The number of amides is 1. The van der Waals surface area contributed by atoms with Crippen LogP contribution >= 0.6 is 0 Å². The van der Waals surface area contributed by atoms with E-state index in [0.717, 1.165) is 5.56 Å². The standard InChI is InChI=1S/C25H32N2O7S/c1-4-34-25(29)20-12-14-26(15-13-20)24(28)18-27(17-19-8-6-5-7-9-19)35(30,31)21-10-11-22(32-2)23(16-21)33-3/h5-11,16,20H,4,12-15,17-18H2,1-3H3. The quantitative estimate of drug-likeness (QED) is 0.459. The molecule has 1 fully saturated rings. The number of ether oxygens (including phenoxy) is 3. The van der Waals surface area contributed by atoms with E-state index < -0.39 is 10.0 Å². The zero-order chi connectivity index (χ0) is 25.4. The van der Waals surface area contributed by atoms with Crippen molar-refractivity contribution in [3.63, 3.8) is 0 Å². The molecule has 1 aliphatic rings. The second-order valence-electron chi connectivity index (χ2n) is 8.18. The Hall–Kier alpha value is -3.11. The number of rotatable bonds is 10. The molecule has 0 radical (unpaired) electrons. The topological polar surface area (TPSA) is 102 Å². The fraction of sp³-hybridized carbons (Fsp3) is 0.440. The lowest BCUT2D eigenvalue weighted by molar-refractivity contribution is -0.151. The van der Waals surface area contributed by atoms with Crippen LogP contribution in [0.2, 0.25) is 0 Å². The van der Waals surface area contributed by atoms with Crippen molar-refractivity contribution in [3.05, 3.63) is 54.1 Å². The number of carbonyl (C=O) groups is 2. The van der Waals surface area contributed by atoms with Gasteiger partial charge >= 0.3 is 5.97 Å². The van der Waals surface area contributed by atoms with Gasteiger partial charge in [-0.1, -0.05) is 30.3 Å². The lowest BCUT2D eigenvalue weighted by Gasteiger charge is -2.32. The zero-order valence-corrected chi connectivity index (χ0v) is 21.1. The Bertz CT molecular complexity index is 1110. The summed E-state index contributed by atoms with van der Waals surface area (Å²) in [6.45, 7) is 2.53. The highest BCUT2D eigenvalue weighted by atomic mass is 32.2. The van der Waals surface area contributed by atoms with Gasteiger partial charge in [-0.15, -0.1) is 0 Å². The highest BCUT2D eigenvalue weighted by Crippen LogP contribution is 2.31. The predicted octanol–water partition coefficient (Wildman–Crippen LogP) is 2.70. The first kappa shape index (κ1) is 26.5. The second-order valence-corrected chi connectivity index (χ2v) is 10.1. The first-order valence-electron chi connectivity index (χ1n) is 11.5. The molecule has 1 saturated heterocycles. The third kappa shape index (κ3) is 6.52. The molecule has 2 aromatic rings. The molecule has 0 N–H and O–H groups in total. The van der Waals surface area contributed by atoms with Crippen molar-refractivity contribution in [2.75, 3.05) is 40.5 Å². The van der Waals surface area contributed by atoms with Crippen molar-refractivity contribution in [2.45, 2.75) is 31.2 Å². The van der Waals surface area contributed by atoms with Crippen molar-refractivity contribution in [3.8, 4) is 11.5 Å². The van der Waals surface area contributed by atoms with Crippen molar-refractivity contribution >= 4 is 21.9 Å². The monoisotopic (exact) mass is 504 g/mol. The molecule has 0 atom stereocenters. The van der Waals surface area contributed by atoms with Crippen molar-refractivity contribution in [2.24, 2.45) is 5.92 Å². The third-order valence-corrected chi connectivity index (χ3v) is 7.76. The van der Waals surface area contributed by atoms with Crippen molar-refractivity contribution < 1.29 is 32.2 Å². The van der Waals surface area contributed by atoms with Crippen LogP contribution in [-0.4, -0.2) is 70.0 Å². The molecule has 0 aliphatic carbocycles. The van der Waals surface area contributed by atoms with Crippen LogP contribution in [0.1, 0.15) is 25.3 Å². The highest BCUT2D eigenvalue weighted by Gasteiger charge is 2.32. The maximum Gasteiger partial charge on any atom is 0.309 e. The fourth-order valence-electron chi connectivity index (χ4n) is 4.01. The summed E-state index contributed by atoms with van der Waals surface area (Å²) < 4.78 is 44.0. The summed E-state index contributed by atoms with van der Waals surface area (Å²) in [5.41, 5.74) is 0.755. The molecule has 0 spiro atoms. The molecule has 2 aromatic carbocycles. The van der Waals surface area contributed by atoms with Crippen molar-refractivity contribution in [1.29, 1.82) is 0 Å². The van der Waals surface area contributed by atoms with Crippen LogP contribution in [0, 0.1) is 5.92 Å². The van der Waals surface area contributed by atoms with Gasteiger partial charge in [-0.05, 0) is 37.5 Å². The van der Waals surface area contributed by atoms with Crippen LogP contribution < -0.4 is 9.47 Å². The van der Waals surface area contributed by atoms with Gasteiger partial charge < -0.3 is 19.1 Å². The van der Waals surface area contributed by atoms with Crippen LogP contribution in [0.4, 0.5) is 0 Å². The molecule has 0 aromatic heterocycles. The first-order valence-corrected chi connectivity index (χ1v) is 12.9. The Morgan fingerprint density at radius 2 is 1.66 bits per heavy atom. The van der Waals surface area contributed by atoms with E-state index in [1.54, 1.807) is 11.8 Å². The Labute approximate surface area is 206 Å². The largest absolute Gasteiger partial charge is 0.493 e. The Morgan fingerprint density at radius 3 is 2.26 bits per heavy atom. The number of piperidine rings is 1. The number of hydrogen-bond acceptors (Lipinski definition) is 7. The molecule has 1 aliphatic heterocycles. The summed E-state index contributed by atoms with van der Waals surface area (Å²) in [5, 5.41) is 0. The van der Waals surface area contributed by atoms with Gasteiger partial charge in [0.2, 0.25) is 15.9 Å². The minimum absolute atomic E-state index is 0.0000922. The number of likely N-dealkylation sites (tertiary alicyclic amines) is 1. The molecule has 10 heteroatoms. The van der Waals surface area contributed by atoms with E-state index in [1.165, 1.54) is 36.7 Å². The summed E-state index contributed by atoms with van der Waals surface area (Å²) in [6, 6.07) is 13.4.